The maximum Gasteiger partial charge on any atom is 0.254 e. The van der Waals surface area contributed by atoms with Crippen LogP contribution in [-0.4, -0.2) is 23.4 Å². The quantitative estimate of drug-likeness (QED) is 0.796. The van der Waals surface area contributed by atoms with Crippen molar-refractivity contribution in [3.05, 3.63) is 35.6 Å². The third-order valence-electron chi connectivity index (χ3n) is 4.60. The van der Waals surface area contributed by atoms with E-state index in [1.54, 1.807) is 12.1 Å². The van der Waals surface area contributed by atoms with E-state index in [1.807, 2.05) is 4.90 Å². The Bertz CT molecular complexity index is 450. The highest BCUT2D eigenvalue weighted by Gasteiger charge is 2.36. The number of likely N-dealkylation sites (tertiary alicyclic amines) is 1. The highest BCUT2D eigenvalue weighted by Crippen LogP contribution is 2.36. The third-order valence-corrected chi connectivity index (χ3v) is 4.60. The molecule has 2 aliphatic rings. The molecule has 1 heterocycles. The fraction of sp³-hybridized carbons (Fsp3) is 0.562. The molecule has 1 saturated heterocycles. The molecule has 2 nitrogen and oxygen atoms in total. The number of carbonyl (C=O) groups is 1. The minimum atomic E-state index is -0.287. The van der Waals surface area contributed by atoms with E-state index in [-0.39, 0.29) is 11.7 Å². The monoisotopic (exact) mass is 261 g/mol. The molecule has 1 saturated carbocycles. The lowest BCUT2D eigenvalue weighted by atomic mass is 9.95. The number of nitrogens with zero attached hydrogens (tertiary/aromatic N) is 1. The Morgan fingerprint density at radius 1 is 1.05 bits per heavy atom. The zero-order valence-electron chi connectivity index (χ0n) is 11.1. The van der Waals surface area contributed by atoms with Crippen LogP contribution in [0.25, 0.3) is 0 Å². The minimum absolute atomic E-state index is 0.0781. The van der Waals surface area contributed by atoms with E-state index >= 15 is 0 Å². The molecule has 0 radical (unpaired) electrons. The minimum Gasteiger partial charge on any atom is -0.335 e. The number of carbonyl (C=O) groups excluding carboxylic acids is 1. The van der Waals surface area contributed by atoms with Crippen molar-refractivity contribution in [2.75, 3.05) is 6.54 Å². The standard InChI is InChI=1S/C16H20FNO/c17-14-9-7-13(8-10-14)16(19)18-11-3-6-15(18)12-4-1-2-5-12/h7-10,12,15H,1-6,11H2. The van der Waals surface area contributed by atoms with Gasteiger partial charge in [-0.15, -0.1) is 0 Å². The smallest absolute Gasteiger partial charge is 0.254 e. The number of benzene rings is 1. The first-order valence-corrected chi connectivity index (χ1v) is 7.32. The van der Waals surface area contributed by atoms with Crippen LogP contribution >= 0.6 is 0 Å². The molecule has 1 amide bonds. The summed E-state index contributed by atoms with van der Waals surface area (Å²) < 4.78 is 12.9. The molecule has 0 N–H and O–H groups in total. The van der Waals surface area contributed by atoms with Gasteiger partial charge in [0.2, 0.25) is 0 Å². The zero-order valence-corrected chi connectivity index (χ0v) is 11.1. The predicted molar refractivity (Wildman–Crippen MR) is 72.4 cm³/mol. The van der Waals surface area contributed by atoms with Gasteiger partial charge in [0.15, 0.2) is 0 Å². The Morgan fingerprint density at radius 2 is 1.74 bits per heavy atom. The molecule has 3 rings (SSSR count). The van der Waals surface area contributed by atoms with Crippen LogP contribution < -0.4 is 0 Å². The van der Waals surface area contributed by atoms with Gasteiger partial charge in [-0.05, 0) is 55.9 Å². The Hall–Kier alpha value is -1.38. The van der Waals surface area contributed by atoms with E-state index in [9.17, 15) is 9.18 Å². The molecule has 0 bridgehead atoms. The van der Waals surface area contributed by atoms with Gasteiger partial charge in [0.05, 0.1) is 0 Å². The second-order valence-electron chi connectivity index (χ2n) is 5.76. The molecule has 3 heteroatoms. The molecular formula is C16H20FNO. The normalized spacial score (nSPS) is 24.1. The molecular weight excluding hydrogens is 241 g/mol. The SMILES string of the molecule is O=C(c1ccc(F)cc1)N1CCCC1C1CCCC1. The van der Waals surface area contributed by atoms with Crippen LogP contribution in [0.5, 0.6) is 0 Å². The Labute approximate surface area is 113 Å². The summed E-state index contributed by atoms with van der Waals surface area (Å²) in [5, 5.41) is 0. The van der Waals surface area contributed by atoms with Gasteiger partial charge < -0.3 is 4.90 Å². The fourth-order valence-corrected chi connectivity index (χ4v) is 3.64. The van der Waals surface area contributed by atoms with Crippen LogP contribution in [0, 0.1) is 11.7 Å². The van der Waals surface area contributed by atoms with Crippen LogP contribution in [0.2, 0.25) is 0 Å². The van der Waals surface area contributed by atoms with Crippen molar-refractivity contribution in [3.8, 4) is 0 Å². The second-order valence-corrected chi connectivity index (χ2v) is 5.76. The number of rotatable bonds is 2. The van der Waals surface area contributed by atoms with E-state index in [0.29, 0.717) is 17.5 Å². The average Bonchev–Trinajstić information content (AvgIpc) is 3.09. The van der Waals surface area contributed by atoms with Crippen LogP contribution in [-0.2, 0) is 0 Å². The zero-order chi connectivity index (χ0) is 13.2. The number of amides is 1. The number of hydrogen-bond acceptors (Lipinski definition) is 1. The summed E-state index contributed by atoms with van der Waals surface area (Å²) in [4.78, 5) is 14.6. The fourth-order valence-electron chi connectivity index (χ4n) is 3.64. The molecule has 1 aromatic rings. The van der Waals surface area contributed by atoms with Gasteiger partial charge in [0, 0.05) is 18.2 Å². The first-order chi connectivity index (χ1) is 9.25. The predicted octanol–water partition coefficient (Wildman–Crippen LogP) is 3.62. The lowest BCUT2D eigenvalue weighted by Crippen LogP contribution is -2.39. The van der Waals surface area contributed by atoms with Crippen molar-refractivity contribution in [1.29, 1.82) is 0 Å². The van der Waals surface area contributed by atoms with Crippen LogP contribution in [0.15, 0.2) is 24.3 Å². The summed E-state index contributed by atoms with van der Waals surface area (Å²) in [6.45, 7) is 0.859. The van der Waals surface area contributed by atoms with Gasteiger partial charge in [-0.2, -0.15) is 0 Å². The maximum absolute atomic E-state index is 12.9. The van der Waals surface area contributed by atoms with Gasteiger partial charge in [-0.25, -0.2) is 4.39 Å². The highest BCUT2D eigenvalue weighted by atomic mass is 19.1. The number of hydrogen-bond donors (Lipinski definition) is 0. The molecule has 1 aliphatic heterocycles. The first kappa shape index (κ1) is 12.6. The largest absolute Gasteiger partial charge is 0.335 e. The second kappa shape index (κ2) is 5.32. The molecule has 0 spiro atoms. The van der Waals surface area contributed by atoms with Gasteiger partial charge in [-0.3, -0.25) is 4.79 Å². The van der Waals surface area contributed by atoms with Crippen molar-refractivity contribution in [2.24, 2.45) is 5.92 Å². The van der Waals surface area contributed by atoms with Crippen molar-refractivity contribution in [3.63, 3.8) is 0 Å². The lowest BCUT2D eigenvalue weighted by Gasteiger charge is -2.29. The van der Waals surface area contributed by atoms with E-state index in [4.69, 9.17) is 0 Å². The lowest BCUT2D eigenvalue weighted by molar-refractivity contribution is 0.0689. The maximum atomic E-state index is 12.9. The molecule has 1 aromatic carbocycles. The van der Waals surface area contributed by atoms with Crippen LogP contribution in [0.3, 0.4) is 0 Å². The Balaban J connectivity index is 1.76. The Kier molecular flexibility index (Phi) is 3.54. The topological polar surface area (TPSA) is 20.3 Å². The summed E-state index contributed by atoms with van der Waals surface area (Å²) in [6, 6.07) is 6.35. The molecule has 0 aromatic heterocycles. The Morgan fingerprint density at radius 3 is 2.42 bits per heavy atom. The van der Waals surface area contributed by atoms with Crippen molar-refractivity contribution < 1.29 is 9.18 Å². The number of halogens is 1. The van der Waals surface area contributed by atoms with Crippen LogP contribution in [0.4, 0.5) is 4.39 Å². The highest BCUT2D eigenvalue weighted by molar-refractivity contribution is 5.94. The molecule has 1 unspecified atom stereocenters. The molecule has 19 heavy (non-hydrogen) atoms. The van der Waals surface area contributed by atoms with Gasteiger partial charge in [0.1, 0.15) is 5.82 Å². The van der Waals surface area contributed by atoms with E-state index in [2.05, 4.69) is 0 Å². The first-order valence-electron chi connectivity index (χ1n) is 7.32. The van der Waals surface area contributed by atoms with Crippen molar-refractivity contribution in [2.45, 2.75) is 44.6 Å². The van der Waals surface area contributed by atoms with E-state index < -0.39 is 0 Å². The molecule has 102 valence electrons. The van der Waals surface area contributed by atoms with Crippen LogP contribution in [0.1, 0.15) is 48.9 Å². The molecule has 1 aliphatic carbocycles. The van der Waals surface area contributed by atoms with E-state index in [1.165, 1.54) is 37.8 Å². The molecule has 2 fully saturated rings. The summed E-state index contributed by atoms with van der Waals surface area (Å²) in [7, 11) is 0. The van der Waals surface area contributed by atoms with Crippen molar-refractivity contribution in [1.82, 2.24) is 4.90 Å². The van der Waals surface area contributed by atoms with Crippen molar-refractivity contribution >= 4 is 5.91 Å². The molecule has 1 atom stereocenters. The third kappa shape index (κ3) is 2.51. The average molecular weight is 261 g/mol. The van der Waals surface area contributed by atoms with Gasteiger partial charge >= 0.3 is 0 Å². The summed E-state index contributed by atoms with van der Waals surface area (Å²) in [6.07, 6.45) is 7.38. The van der Waals surface area contributed by atoms with E-state index in [0.717, 1.165) is 19.4 Å². The summed E-state index contributed by atoms with van der Waals surface area (Å²) in [5.74, 6) is 0.478. The van der Waals surface area contributed by atoms with Gasteiger partial charge in [-0.1, -0.05) is 12.8 Å². The summed E-state index contributed by atoms with van der Waals surface area (Å²) >= 11 is 0. The van der Waals surface area contributed by atoms with Gasteiger partial charge in [0.25, 0.3) is 5.91 Å². The summed E-state index contributed by atoms with van der Waals surface area (Å²) in [5.41, 5.74) is 0.617.